The molecule has 0 saturated carbocycles. The number of nitrogens with zero attached hydrogens (tertiary/aromatic N) is 1. The molecular formula is C7H17N3. The van der Waals surface area contributed by atoms with Crippen LogP contribution in [0.2, 0.25) is 0 Å². The van der Waals surface area contributed by atoms with E-state index in [1.54, 1.807) is 0 Å². The van der Waals surface area contributed by atoms with Crippen molar-refractivity contribution in [1.82, 2.24) is 0 Å². The maximum Gasteiger partial charge on any atom is 0.185 e. The van der Waals surface area contributed by atoms with E-state index in [2.05, 4.69) is 18.8 Å². The molecule has 0 fully saturated rings. The average Bonchev–Trinajstić information content (AvgIpc) is 1.85. The zero-order valence-corrected chi connectivity index (χ0v) is 6.80. The summed E-state index contributed by atoms with van der Waals surface area (Å²) in [5.41, 5.74) is 10.3. The SMILES string of the molecule is CCCC(C)CN=C(N)N. The Morgan fingerprint density at radius 1 is 1.50 bits per heavy atom. The highest BCUT2D eigenvalue weighted by Crippen LogP contribution is 2.03. The van der Waals surface area contributed by atoms with Gasteiger partial charge >= 0.3 is 0 Å². The molecule has 0 amide bonds. The first-order valence-corrected chi connectivity index (χ1v) is 3.72. The quantitative estimate of drug-likeness (QED) is 0.449. The van der Waals surface area contributed by atoms with Crippen LogP contribution in [0.4, 0.5) is 0 Å². The summed E-state index contributed by atoms with van der Waals surface area (Å²) >= 11 is 0. The summed E-state index contributed by atoms with van der Waals surface area (Å²) in [6.45, 7) is 5.07. The molecule has 0 aliphatic heterocycles. The van der Waals surface area contributed by atoms with E-state index in [1.807, 2.05) is 0 Å². The Kier molecular flexibility index (Phi) is 4.72. The molecule has 10 heavy (non-hydrogen) atoms. The number of guanidine groups is 1. The molecule has 1 unspecified atom stereocenters. The number of nitrogens with two attached hydrogens (primary N) is 2. The van der Waals surface area contributed by atoms with Crippen molar-refractivity contribution in [1.29, 1.82) is 0 Å². The second kappa shape index (κ2) is 5.09. The number of hydrogen-bond donors (Lipinski definition) is 2. The van der Waals surface area contributed by atoms with Gasteiger partial charge in [0.15, 0.2) is 5.96 Å². The predicted molar refractivity (Wildman–Crippen MR) is 44.7 cm³/mol. The molecule has 0 aromatic carbocycles. The zero-order chi connectivity index (χ0) is 7.98. The van der Waals surface area contributed by atoms with Gasteiger partial charge in [0, 0.05) is 6.54 Å². The Morgan fingerprint density at radius 2 is 2.10 bits per heavy atom. The maximum atomic E-state index is 5.16. The van der Waals surface area contributed by atoms with Crippen molar-refractivity contribution in [2.75, 3.05) is 6.54 Å². The van der Waals surface area contributed by atoms with E-state index in [0.29, 0.717) is 5.92 Å². The second-order valence-electron chi connectivity index (χ2n) is 2.66. The summed E-state index contributed by atoms with van der Waals surface area (Å²) in [6, 6.07) is 0. The van der Waals surface area contributed by atoms with Gasteiger partial charge in [0.2, 0.25) is 0 Å². The fourth-order valence-electron chi connectivity index (χ4n) is 0.845. The monoisotopic (exact) mass is 143 g/mol. The Bertz CT molecular complexity index is 105. The summed E-state index contributed by atoms with van der Waals surface area (Å²) in [4.78, 5) is 3.92. The van der Waals surface area contributed by atoms with Gasteiger partial charge in [-0.15, -0.1) is 0 Å². The van der Waals surface area contributed by atoms with Crippen molar-refractivity contribution < 1.29 is 0 Å². The van der Waals surface area contributed by atoms with E-state index >= 15 is 0 Å². The van der Waals surface area contributed by atoms with Crippen LogP contribution in [0.25, 0.3) is 0 Å². The molecule has 0 rings (SSSR count). The molecule has 60 valence electrons. The number of rotatable bonds is 4. The van der Waals surface area contributed by atoms with Crippen LogP contribution >= 0.6 is 0 Å². The Hall–Kier alpha value is -0.730. The first kappa shape index (κ1) is 9.27. The standard InChI is InChI=1S/C7H17N3/c1-3-4-6(2)5-10-7(8)9/h6H,3-5H2,1-2H3,(H4,8,9,10). The molecule has 0 aromatic heterocycles. The van der Waals surface area contributed by atoms with Crippen LogP contribution in [0, 0.1) is 5.92 Å². The van der Waals surface area contributed by atoms with Gasteiger partial charge in [-0.2, -0.15) is 0 Å². The predicted octanol–water partition coefficient (Wildman–Crippen LogP) is 0.696. The van der Waals surface area contributed by atoms with Gasteiger partial charge in [0.05, 0.1) is 0 Å². The summed E-state index contributed by atoms with van der Waals surface area (Å²) in [6.07, 6.45) is 2.39. The molecule has 0 radical (unpaired) electrons. The Balaban J connectivity index is 3.38. The summed E-state index contributed by atoms with van der Waals surface area (Å²) in [7, 11) is 0. The van der Waals surface area contributed by atoms with E-state index in [0.717, 1.165) is 6.54 Å². The van der Waals surface area contributed by atoms with Gasteiger partial charge in [-0.05, 0) is 12.3 Å². The van der Waals surface area contributed by atoms with Crippen LogP contribution in [0.5, 0.6) is 0 Å². The van der Waals surface area contributed by atoms with E-state index in [9.17, 15) is 0 Å². The van der Waals surface area contributed by atoms with Gasteiger partial charge in [0.25, 0.3) is 0 Å². The topological polar surface area (TPSA) is 64.4 Å². The lowest BCUT2D eigenvalue weighted by atomic mass is 10.1. The number of aliphatic imine (C=N–C) groups is 1. The molecule has 0 spiro atoms. The van der Waals surface area contributed by atoms with Gasteiger partial charge in [-0.1, -0.05) is 20.3 Å². The van der Waals surface area contributed by atoms with Crippen LogP contribution in [0.15, 0.2) is 4.99 Å². The third-order valence-electron chi connectivity index (χ3n) is 1.37. The molecule has 0 aliphatic carbocycles. The lowest BCUT2D eigenvalue weighted by Crippen LogP contribution is -2.23. The van der Waals surface area contributed by atoms with Crippen LogP contribution in [-0.4, -0.2) is 12.5 Å². The second-order valence-corrected chi connectivity index (χ2v) is 2.66. The fourth-order valence-corrected chi connectivity index (χ4v) is 0.845. The van der Waals surface area contributed by atoms with Crippen LogP contribution < -0.4 is 11.5 Å². The van der Waals surface area contributed by atoms with Gasteiger partial charge in [0.1, 0.15) is 0 Å². The molecule has 0 heterocycles. The zero-order valence-electron chi connectivity index (χ0n) is 6.80. The van der Waals surface area contributed by atoms with Crippen molar-refractivity contribution in [2.24, 2.45) is 22.4 Å². The largest absolute Gasteiger partial charge is 0.370 e. The Morgan fingerprint density at radius 3 is 2.50 bits per heavy atom. The minimum atomic E-state index is 0.197. The van der Waals surface area contributed by atoms with Crippen LogP contribution in [0.3, 0.4) is 0 Å². The summed E-state index contributed by atoms with van der Waals surface area (Å²) in [5, 5.41) is 0. The molecule has 3 heteroatoms. The van der Waals surface area contributed by atoms with E-state index in [1.165, 1.54) is 12.8 Å². The highest BCUT2D eigenvalue weighted by molar-refractivity contribution is 5.75. The molecule has 0 aliphatic rings. The van der Waals surface area contributed by atoms with E-state index in [4.69, 9.17) is 11.5 Å². The minimum absolute atomic E-state index is 0.197. The van der Waals surface area contributed by atoms with Crippen molar-refractivity contribution in [3.05, 3.63) is 0 Å². The van der Waals surface area contributed by atoms with Crippen LogP contribution in [-0.2, 0) is 0 Å². The molecule has 0 bridgehead atoms. The molecule has 1 atom stereocenters. The molecule has 4 N–H and O–H groups in total. The van der Waals surface area contributed by atoms with Gasteiger partial charge in [-0.25, -0.2) is 0 Å². The van der Waals surface area contributed by atoms with Gasteiger partial charge in [-0.3, -0.25) is 4.99 Å². The average molecular weight is 143 g/mol. The third kappa shape index (κ3) is 5.41. The molecule has 0 saturated heterocycles. The molecule has 3 nitrogen and oxygen atoms in total. The maximum absolute atomic E-state index is 5.16. The fraction of sp³-hybridized carbons (Fsp3) is 0.857. The van der Waals surface area contributed by atoms with Crippen molar-refractivity contribution in [3.8, 4) is 0 Å². The highest BCUT2D eigenvalue weighted by atomic mass is 15.0. The smallest absolute Gasteiger partial charge is 0.185 e. The lowest BCUT2D eigenvalue weighted by Gasteiger charge is -2.04. The summed E-state index contributed by atoms with van der Waals surface area (Å²) in [5.74, 6) is 0.801. The molecular weight excluding hydrogens is 126 g/mol. The van der Waals surface area contributed by atoms with E-state index in [-0.39, 0.29) is 5.96 Å². The normalized spacial score (nSPS) is 12.6. The Labute approximate surface area is 62.5 Å². The van der Waals surface area contributed by atoms with Gasteiger partial charge < -0.3 is 11.5 Å². The first-order valence-electron chi connectivity index (χ1n) is 3.72. The van der Waals surface area contributed by atoms with Crippen molar-refractivity contribution in [3.63, 3.8) is 0 Å². The third-order valence-corrected chi connectivity index (χ3v) is 1.37. The highest BCUT2D eigenvalue weighted by Gasteiger charge is 1.97. The van der Waals surface area contributed by atoms with E-state index < -0.39 is 0 Å². The van der Waals surface area contributed by atoms with Crippen molar-refractivity contribution in [2.45, 2.75) is 26.7 Å². The van der Waals surface area contributed by atoms with Crippen LogP contribution in [0.1, 0.15) is 26.7 Å². The minimum Gasteiger partial charge on any atom is -0.370 e. The lowest BCUT2D eigenvalue weighted by molar-refractivity contribution is 0.537. The molecule has 0 aromatic rings. The van der Waals surface area contributed by atoms with Crippen molar-refractivity contribution >= 4 is 5.96 Å². The number of hydrogen-bond acceptors (Lipinski definition) is 1. The first-order chi connectivity index (χ1) is 4.66. The summed E-state index contributed by atoms with van der Waals surface area (Å²) < 4.78 is 0.